The average molecular weight is 277 g/mol. The van der Waals surface area contributed by atoms with E-state index in [0.29, 0.717) is 17.8 Å². The summed E-state index contributed by atoms with van der Waals surface area (Å²) in [6.45, 7) is 10.7. The largest absolute Gasteiger partial charge is 0.341 e. The molecule has 2 fully saturated rings. The van der Waals surface area contributed by atoms with Crippen LogP contribution in [-0.2, 0) is 0 Å². The maximum atomic E-state index is 12.1. The number of hydrogen-bond donors (Lipinski definition) is 1. The fourth-order valence-electron chi connectivity index (χ4n) is 3.01. The van der Waals surface area contributed by atoms with Crippen LogP contribution in [0.2, 0.25) is 0 Å². The molecule has 0 radical (unpaired) electrons. The summed E-state index contributed by atoms with van der Waals surface area (Å²) >= 11 is 0. The first kappa shape index (κ1) is 13.6. The summed E-state index contributed by atoms with van der Waals surface area (Å²) in [6, 6.07) is 1.17. The van der Waals surface area contributed by atoms with E-state index in [-0.39, 0.29) is 5.91 Å². The van der Waals surface area contributed by atoms with Crippen molar-refractivity contribution in [3.63, 3.8) is 0 Å². The highest BCUT2D eigenvalue weighted by Gasteiger charge is 2.36. The lowest BCUT2D eigenvalue weighted by molar-refractivity contribution is 0.00291. The number of carbonyl (C=O) groups is 1. The number of aromatic nitrogens is 2. The third-order valence-electron chi connectivity index (χ3n) is 4.47. The Kier molecular flexibility index (Phi) is 3.76. The molecule has 1 amide bonds. The molecule has 20 heavy (non-hydrogen) atoms. The van der Waals surface area contributed by atoms with E-state index in [1.54, 1.807) is 12.5 Å². The summed E-state index contributed by atoms with van der Waals surface area (Å²) < 4.78 is 0. The van der Waals surface area contributed by atoms with Crippen LogP contribution in [0, 0.1) is 0 Å². The highest BCUT2D eigenvalue weighted by Crippen LogP contribution is 2.19. The summed E-state index contributed by atoms with van der Waals surface area (Å²) in [5.74, 6) is 0.0690. The third-order valence-corrected chi connectivity index (χ3v) is 4.47. The Morgan fingerprint density at radius 2 is 2.00 bits per heavy atom. The molecule has 6 nitrogen and oxygen atoms in total. The van der Waals surface area contributed by atoms with E-state index in [2.05, 4.69) is 33.6 Å². The van der Waals surface area contributed by atoms with Gasteiger partial charge >= 0.3 is 0 Å². The topological polar surface area (TPSA) is 55.5 Å². The number of nitrogens with one attached hydrogen (secondary N) is 1. The van der Waals surface area contributed by atoms with Gasteiger partial charge in [0.1, 0.15) is 5.69 Å². The van der Waals surface area contributed by atoms with Crippen LogP contribution in [0.25, 0.3) is 0 Å². The maximum Gasteiger partial charge on any atom is 0.272 e. The van der Waals surface area contributed by atoms with Gasteiger partial charge in [-0.25, -0.2) is 4.98 Å². The fraction of sp³-hybridized carbons (Fsp3) is 0.714. The van der Waals surface area contributed by atoms with Gasteiger partial charge in [-0.3, -0.25) is 14.6 Å². The number of imidazole rings is 1. The second kappa shape index (κ2) is 5.54. The third kappa shape index (κ3) is 2.58. The van der Waals surface area contributed by atoms with Crippen molar-refractivity contribution in [2.24, 2.45) is 0 Å². The van der Waals surface area contributed by atoms with E-state index in [1.807, 2.05) is 4.90 Å². The lowest BCUT2D eigenvalue weighted by Crippen LogP contribution is -2.64. The molecule has 1 aromatic heterocycles. The minimum absolute atomic E-state index is 0.0690. The molecule has 3 rings (SSSR count). The van der Waals surface area contributed by atoms with Crippen LogP contribution in [0.5, 0.6) is 0 Å². The number of H-pyrrole nitrogens is 1. The summed E-state index contributed by atoms with van der Waals surface area (Å²) in [5.41, 5.74) is 0.591. The standard InChI is InChI=1S/C14H23N5O/c1-11(2)17-3-5-18(6-4-17)12-8-19(9-12)14(20)13-7-15-10-16-13/h7,10-12H,3-6,8-9H2,1-2H3,(H,15,16). The van der Waals surface area contributed by atoms with Crippen LogP contribution in [0.4, 0.5) is 0 Å². The minimum atomic E-state index is 0.0690. The number of carbonyl (C=O) groups excluding carboxylic acids is 1. The fourth-order valence-corrected chi connectivity index (χ4v) is 3.01. The molecule has 0 aromatic carbocycles. The second-order valence-corrected chi connectivity index (χ2v) is 5.99. The molecule has 1 aromatic rings. The molecule has 6 heteroatoms. The van der Waals surface area contributed by atoms with Gasteiger partial charge in [0.2, 0.25) is 0 Å². The molecular weight excluding hydrogens is 254 g/mol. The number of hydrogen-bond acceptors (Lipinski definition) is 4. The highest BCUT2D eigenvalue weighted by atomic mass is 16.2. The van der Waals surface area contributed by atoms with Crippen LogP contribution in [0.15, 0.2) is 12.5 Å². The monoisotopic (exact) mass is 277 g/mol. The van der Waals surface area contributed by atoms with Crippen LogP contribution in [0.1, 0.15) is 24.3 Å². The summed E-state index contributed by atoms with van der Waals surface area (Å²) in [7, 11) is 0. The number of rotatable bonds is 3. The van der Waals surface area contributed by atoms with E-state index >= 15 is 0 Å². The van der Waals surface area contributed by atoms with Gasteiger partial charge in [0.25, 0.3) is 5.91 Å². The van der Waals surface area contributed by atoms with Gasteiger partial charge < -0.3 is 9.88 Å². The van der Waals surface area contributed by atoms with Gasteiger partial charge in [0, 0.05) is 51.4 Å². The van der Waals surface area contributed by atoms with Gasteiger partial charge in [-0.1, -0.05) is 0 Å². The number of likely N-dealkylation sites (tertiary alicyclic amines) is 1. The van der Waals surface area contributed by atoms with Gasteiger partial charge in [-0.2, -0.15) is 0 Å². The highest BCUT2D eigenvalue weighted by molar-refractivity contribution is 5.92. The van der Waals surface area contributed by atoms with E-state index in [1.165, 1.54) is 0 Å². The SMILES string of the molecule is CC(C)N1CCN(C2CN(C(=O)c3cnc[nH]3)C2)CC1. The molecule has 0 spiro atoms. The first-order valence-electron chi connectivity index (χ1n) is 7.41. The lowest BCUT2D eigenvalue weighted by atomic mass is 10.1. The van der Waals surface area contributed by atoms with E-state index in [9.17, 15) is 4.79 Å². The van der Waals surface area contributed by atoms with E-state index < -0.39 is 0 Å². The minimum Gasteiger partial charge on any atom is -0.341 e. The first-order valence-corrected chi connectivity index (χ1v) is 7.41. The van der Waals surface area contributed by atoms with Crippen LogP contribution in [-0.4, -0.2) is 81.9 Å². The van der Waals surface area contributed by atoms with Crippen molar-refractivity contribution in [3.8, 4) is 0 Å². The number of amides is 1. The van der Waals surface area contributed by atoms with Crippen molar-refractivity contribution in [1.82, 2.24) is 24.7 Å². The molecule has 0 unspecified atom stereocenters. The molecule has 110 valence electrons. The quantitative estimate of drug-likeness (QED) is 0.861. The predicted molar refractivity (Wildman–Crippen MR) is 76.6 cm³/mol. The first-order chi connectivity index (χ1) is 9.65. The van der Waals surface area contributed by atoms with Crippen molar-refractivity contribution >= 4 is 5.91 Å². The molecule has 0 bridgehead atoms. The van der Waals surface area contributed by atoms with Crippen LogP contribution >= 0.6 is 0 Å². The van der Waals surface area contributed by atoms with Gasteiger partial charge in [-0.05, 0) is 13.8 Å². The predicted octanol–water partition coefficient (Wildman–Crippen LogP) is 0.260. The summed E-state index contributed by atoms with van der Waals surface area (Å²) in [5, 5.41) is 0. The molecule has 2 aliphatic heterocycles. The van der Waals surface area contributed by atoms with Crippen molar-refractivity contribution in [1.29, 1.82) is 0 Å². The summed E-state index contributed by atoms with van der Waals surface area (Å²) in [6.07, 6.45) is 3.15. The van der Waals surface area contributed by atoms with Crippen molar-refractivity contribution in [2.45, 2.75) is 25.9 Å². The number of aromatic amines is 1. The molecule has 0 aliphatic carbocycles. The van der Waals surface area contributed by atoms with E-state index in [0.717, 1.165) is 39.3 Å². The number of nitrogens with zero attached hydrogens (tertiary/aromatic N) is 4. The molecule has 2 aliphatic rings. The van der Waals surface area contributed by atoms with Crippen LogP contribution < -0.4 is 0 Å². The van der Waals surface area contributed by atoms with Crippen molar-refractivity contribution in [2.75, 3.05) is 39.3 Å². The molecule has 3 heterocycles. The molecule has 0 saturated carbocycles. The second-order valence-electron chi connectivity index (χ2n) is 5.99. The maximum absolute atomic E-state index is 12.1. The molecule has 2 saturated heterocycles. The van der Waals surface area contributed by atoms with Crippen LogP contribution in [0.3, 0.4) is 0 Å². The summed E-state index contributed by atoms with van der Waals surface area (Å²) in [4.78, 5) is 25.8. The Bertz CT molecular complexity index is 444. The smallest absolute Gasteiger partial charge is 0.272 e. The normalized spacial score (nSPS) is 22.2. The van der Waals surface area contributed by atoms with Crippen molar-refractivity contribution < 1.29 is 4.79 Å². The zero-order valence-electron chi connectivity index (χ0n) is 12.2. The molecule has 0 atom stereocenters. The Labute approximate surface area is 119 Å². The Morgan fingerprint density at radius 1 is 1.30 bits per heavy atom. The average Bonchev–Trinajstić information content (AvgIpc) is 2.91. The molecule has 1 N–H and O–H groups in total. The van der Waals surface area contributed by atoms with E-state index in [4.69, 9.17) is 0 Å². The van der Waals surface area contributed by atoms with Crippen molar-refractivity contribution in [3.05, 3.63) is 18.2 Å². The zero-order chi connectivity index (χ0) is 14.1. The van der Waals surface area contributed by atoms with Gasteiger partial charge in [0.05, 0.1) is 12.5 Å². The Morgan fingerprint density at radius 3 is 2.55 bits per heavy atom. The lowest BCUT2D eigenvalue weighted by Gasteiger charge is -2.48. The van der Waals surface area contributed by atoms with Gasteiger partial charge in [0.15, 0.2) is 0 Å². The Balaban J connectivity index is 1.46. The van der Waals surface area contributed by atoms with Gasteiger partial charge in [-0.15, -0.1) is 0 Å². The Hall–Kier alpha value is -1.40. The molecular formula is C14H23N5O. The zero-order valence-corrected chi connectivity index (χ0v) is 12.2. The number of piperazine rings is 1.